The lowest BCUT2D eigenvalue weighted by Crippen LogP contribution is -2.55. The van der Waals surface area contributed by atoms with Crippen molar-refractivity contribution in [1.29, 1.82) is 0 Å². The summed E-state index contributed by atoms with van der Waals surface area (Å²) in [6, 6.07) is -3.05. The summed E-state index contributed by atoms with van der Waals surface area (Å²) in [5, 5.41) is 11.2. The summed E-state index contributed by atoms with van der Waals surface area (Å²) < 4.78 is 36.5. The molecule has 0 aromatic heterocycles. The number of likely N-dealkylation sites (tertiary alicyclic amines) is 1. The Hall–Kier alpha value is -2.13. The van der Waals surface area contributed by atoms with Crippen molar-refractivity contribution in [3.8, 4) is 0 Å². The number of amides is 2. The van der Waals surface area contributed by atoms with Gasteiger partial charge in [-0.1, -0.05) is 0 Å². The molecule has 1 aliphatic rings. The number of hydrogen-bond donors (Lipinski definition) is 2. The summed E-state index contributed by atoms with van der Waals surface area (Å²) in [6.45, 7) is 3.67. The van der Waals surface area contributed by atoms with Crippen molar-refractivity contribution >= 4 is 18.2 Å². The summed E-state index contributed by atoms with van der Waals surface area (Å²) in [6.07, 6.45) is -3.56. The predicted molar refractivity (Wildman–Crippen MR) is 73.3 cm³/mol. The number of ether oxygens (including phenoxy) is 2. The highest BCUT2D eigenvalue weighted by molar-refractivity contribution is 5.83. The minimum Gasteiger partial charge on any atom is -0.467 e. The van der Waals surface area contributed by atoms with Crippen molar-refractivity contribution in [2.75, 3.05) is 13.7 Å². The van der Waals surface area contributed by atoms with E-state index in [0.29, 0.717) is 4.90 Å². The van der Waals surface area contributed by atoms with Crippen LogP contribution in [0.4, 0.5) is 18.4 Å². The molecule has 8 nitrogen and oxygen atoms in total. The summed E-state index contributed by atoms with van der Waals surface area (Å²) in [5.74, 6) is -4.34. The first kappa shape index (κ1) is 18.9. The Bertz CT molecular complexity index is 491. The second kappa shape index (κ2) is 6.55. The van der Waals surface area contributed by atoms with Crippen LogP contribution in [0.25, 0.3) is 0 Å². The molecule has 0 saturated carbocycles. The average Bonchev–Trinajstić information content (AvgIpc) is 2.69. The monoisotopic (exact) mass is 338 g/mol. The number of carbonyl (C=O) groups is 3. The van der Waals surface area contributed by atoms with Gasteiger partial charge in [0, 0.05) is 6.42 Å². The van der Waals surface area contributed by atoms with E-state index in [4.69, 9.17) is 9.84 Å². The highest BCUT2D eigenvalue weighted by Crippen LogP contribution is 2.34. The Morgan fingerprint density at radius 2 is 1.91 bits per heavy atom. The molecule has 2 atom stereocenters. The van der Waals surface area contributed by atoms with E-state index in [2.05, 4.69) is 10.1 Å². The Morgan fingerprint density at radius 3 is 2.35 bits per heavy atom. The van der Waals surface area contributed by atoms with Crippen molar-refractivity contribution in [1.82, 2.24) is 10.2 Å². The van der Waals surface area contributed by atoms with E-state index >= 15 is 0 Å². The number of nitrogens with zero attached hydrogens (tertiary/aromatic N) is 1. The van der Waals surface area contributed by atoms with Crippen LogP contribution >= 0.6 is 0 Å². The third-order valence-electron chi connectivity index (χ3n) is 3.07. The standard InChI is InChI=1S/C13H20F2N2O6/c1-12(2,3)23-10(19)16-8(9(18)22-4)7-5-13(14,15)6-17(7)11(20)21/h7-8H,5-6H2,1-4H3,(H,16,19)(H,20,21)/t7-,8?/m0/s1. The molecule has 2 amide bonds. The Labute approximate surface area is 131 Å². The van der Waals surface area contributed by atoms with Gasteiger partial charge in [0.15, 0.2) is 6.04 Å². The first-order chi connectivity index (χ1) is 10.4. The number of esters is 1. The molecule has 23 heavy (non-hydrogen) atoms. The van der Waals surface area contributed by atoms with Crippen molar-refractivity contribution < 1.29 is 37.7 Å². The highest BCUT2D eigenvalue weighted by atomic mass is 19.3. The molecule has 2 N–H and O–H groups in total. The topological polar surface area (TPSA) is 105 Å². The van der Waals surface area contributed by atoms with Gasteiger partial charge in [0.05, 0.1) is 19.7 Å². The van der Waals surface area contributed by atoms with Crippen LogP contribution in [0, 0.1) is 0 Å². The first-order valence-electron chi connectivity index (χ1n) is 6.81. The summed E-state index contributed by atoms with van der Waals surface area (Å²) in [4.78, 5) is 35.2. The number of alkyl carbamates (subject to hydrolysis) is 1. The van der Waals surface area contributed by atoms with Gasteiger partial charge in [-0.2, -0.15) is 0 Å². The van der Waals surface area contributed by atoms with Crippen molar-refractivity contribution in [2.24, 2.45) is 0 Å². The van der Waals surface area contributed by atoms with E-state index in [1.807, 2.05) is 0 Å². The molecule has 132 valence electrons. The van der Waals surface area contributed by atoms with Crippen molar-refractivity contribution in [3.05, 3.63) is 0 Å². The van der Waals surface area contributed by atoms with E-state index in [-0.39, 0.29) is 0 Å². The maximum absolute atomic E-state index is 13.5. The fourth-order valence-electron chi connectivity index (χ4n) is 2.23. The number of halogens is 2. The minimum atomic E-state index is -3.30. The molecule has 1 heterocycles. The molecule has 1 saturated heterocycles. The van der Waals surface area contributed by atoms with Crippen LogP contribution in [0.1, 0.15) is 27.2 Å². The second-order valence-electron chi connectivity index (χ2n) is 6.18. The molecule has 10 heteroatoms. The van der Waals surface area contributed by atoms with Gasteiger partial charge in [0.1, 0.15) is 5.60 Å². The molecule has 0 aromatic rings. The lowest BCUT2D eigenvalue weighted by Gasteiger charge is -2.29. The van der Waals surface area contributed by atoms with Crippen LogP contribution in [-0.2, 0) is 14.3 Å². The number of carboxylic acid groups (broad SMARTS) is 1. The van der Waals surface area contributed by atoms with Crippen LogP contribution in [0.5, 0.6) is 0 Å². The van der Waals surface area contributed by atoms with E-state index < -0.39 is 54.7 Å². The summed E-state index contributed by atoms with van der Waals surface area (Å²) in [5.41, 5.74) is -0.878. The van der Waals surface area contributed by atoms with Gasteiger partial charge >= 0.3 is 18.2 Å². The maximum Gasteiger partial charge on any atom is 0.408 e. The lowest BCUT2D eigenvalue weighted by atomic mass is 10.0. The number of hydrogen-bond acceptors (Lipinski definition) is 5. The van der Waals surface area contributed by atoms with Crippen LogP contribution in [-0.4, -0.2) is 65.4 Å². The molecule has 0 aromatic carbocycles. The number of rotatable bonds is 3. The van der Waals surface area contributed by atoms with Crippen LogP contribution in [0.15, 0.2) is 0 Å². The molecule has 1 rings (SSSR count). The smallest absolute Gasteiger partial charge is 0.408 e. The van der Waals surface area contributed by atoms with Gasteiger partial charge < -0.3 is 19.9 Å². The van der Waals surface area contributed by atoms with Gasteiger partial charge in [0.25, 0.3) is 5.92 Å². The van der Waals surface area contributed by atoms with Gasteiger partial charge in [-0.05, 0) is 20.8 Å². The molecule has 1 fully saturated rings. The summed E-state index contributed by atoms with van der Waals surface area (Å²) >= 11 is 0. The number of nitrogens with one attached hydrogen (secondary N) is 1. The largest absolute Gasteiger partial charge is 0.467 e. The average molecular weight is 338 g/mol. The number of alkyl halides is 2. The SMILES string of the molecule is COC(=O)C(NC(=O)OC(C)(C)C)[C@@H]1CC(F)(F)CN1C(=O)O. The molecular weight excluding hydrogens is 318 g/mol. The minimum absolute atomic E-state index is 0.416. The van der Waals surface area contributed by atoms with Gasteiger partial charge in [-0.15, -0.1) is 0 Å². The Morgan fingerprint density at radius 1 is 1.35 bits per heavy atom. The molecular formula is C13H20F2N2O6. The van der Waals surface area contributed by atoms with Crippen molar-refractivity contribution in [3.63, 3.8) is 0 Å². The number of methoxy groups -OCH3 is 1. The molecule has 1 aliphatic heterocycles. The molecule has 0 bridgehead atoms. The van der Waals surface area contributed by atoms with E-state index in [9.17, 15) is 23.2 Å². The number of carbonyl (C=O) groups excluding carboxylic acids is 2. The molecule has 1 unspecified atom stereocenters. The van der Waals surface area contributed by atoms with E-state index in [0.717, 1.165) is 7.11 Å². The quantitative estimate of drug-likeness (QED) is 0.755. The molecule has 0 spiro atoms. The molecule has 0 aliphatic carbocycles. The predicted octanol–water partition coefficient (Wildman–Crippen LogP) is 1.44. The van der Waals surface area contributed by atoms with Crippen molar-refractivity contribution in [2.45, 2.75) is 50.8 Å². The second-order valence-corrected chi connectivity index (χ2v) is 6.18. The third kappa shape index (κ3) is 5.22. The Balaban J connectivity index is 2.99. The first-order valence-corrected chi connectivity index (χ1v) is 6.81. The molecule has 0 radical (unpaired) electrons. The van der Waals surface area contributed by atoms with Crippen LogP contribution < -0.4 is 5.32 Å². The third-order valence-corrected chi connectivity index (χ3v) is 3.07. The zero-order chi connectivity index (χ0) is 18.0. The van der Waals surface area contributed by atoms with Gasteiger partial charge in [0.2, 0.25) is 0 Å². The Kier molecular flexibility index (Phi) is 5.39. The van der Waals surface area contributed by atoms with Gasteiger partial charge in [-0.3, -0.25) is 4.90 Å². The van der Waals surface area contributed by atoms with Crippen LogP contribution in [0.2, 0.25) is 0 Å². The fourth-order valence-corrected chi connectivity index (χ4v) is 2.23. The van der Waals surface area contributed by atoms with Crippen LogP contribution in [0.3, 0.4) is 0 Å². The maximum atomic E-state index is 13.5. The lowest BCUT2D eigenvalue weighted by molar-refractivity contribution is -0.144. The van der Waals surface area contributed by atoms with E-state index in [1.54, 1.807) is 20.8 Å². The normalized spacial score (nSPS) is 21.5. The highest BCUT2D eigenvalue weighted by Gasteiger charge is 2.52. The zero-order valence-corrected chi connectivity index (χ0v) is 13.3. The zero-order valence-electron chi connectivity index (χ0n) is 13.3. The summed E-state index contributed by atoms with van der Waals surface area (Å²) in [7, 11) is 1.00. The van der Waals surface area contributed by atoms with Gasteiger partial charge in [-0.25, -0.2) is 23.2 Å². The van der Waals surface area contributed by atoms with E-state index in [1.165, 1.54) is 0 Å². The fraction of sp³-hybridized carbons (Fsp3) is 0.769.